The highest BCUT2D eigenvalue weighted by Crippen LogP contribution is 2.39. The number of aryl methyl sites for hydroxylation is 1. The number of nitrogens with one attached hydrogen (secondary N) is 3. The molecule has 0 unspecified atom stereocenters. The van der Waals surface area contributed by atoms with E-state index in [0.29, 0.717) is 10.8 Å². The lowest BCUT2D eigenvalue weighted by Crippen LogP contribution is -2.51. The summed E-state index contributed by atoms with van der Waals surface area (Å²) in [6.07, 6.45) is 3.10. The van der Waals surface area contributed by atoms with Crippen LogP contribution in [0, 0.1) is 11.3 Å². The Morgan fingerprint density at radius 2 is 1.96 bits per heavy atom. The first kappa shape index (κ1) is 19.2. The van der Waals surface area contributed by atoms with Crippen molar-refractivity contribution in [3.8, 4) is 0 Å². The topological polar surface area (TPSA) is 113 Å². The predicted octanol–water partition coefficient (Wildman–Crippen LogP) is 1.72. The summed E-state index contributed by atoms with van der Waals surface area (Å²) in [5.74, 6) is -0.293. The Bertz CT molecular complexity index is 678. The summed E-state index contributed by atoms with van der Waals surface area (Å²) in [6, 6.07) is 0.292. The number of urea groups is 1. The van der Waals surface area contributed by atoms with Gasteiger partial charge in [0, 0.05) is 4.88 Å². The third kappa shape index (κ3) is 4.94. The summed E-state index contributed by atoms with van der Waals surface area (Å²) in [4.78, 5) is 36.6. The van der Waals surface area contributed by atoms with Gasteiger partial charge in [0.05, 0.1) is 4.88 Å². The highest BCUT2D eigenvalue weighted by atomic mass is 32.1. The molecular formula is C17H26N4O3S. The number of primary amides is 1. The fourth-order valence-corrected chi connectivity index (χ4v) is 4.05. The molecule has 2 rings (SSSR count). The molecule has 0 saturated heterocycles. The quantitative estimate of drug-likeness (QED) is 0.611. The first-order valence-electron chi connectivity index (χ1n) is 8.35. The maximum atomic E-state index is 12.3. The number of thiophene rings is 1. The summed E-state index contributed by atoms with van der Waals surface area (Å²) < 4.78 is 0. The van der Waals surface area contributed by atoms with Crippen LogP contribution >= 0.6 is 11.3 Å². The molecule has 0 bridgehead atoms. The van der Waals surface area contributed by atoms with Crippen LogP contribution in [0.5, 0.6) is 0 Å². The second-order valence-electron chi connectivity index (χ2n) is 7.54. The van der Waals surface area contributed by atoms with Gasteiger partial charge in [-0.3, -0.25) is 20.4 Å². The first-order chi connectivity index (χ1) is 11.6. The Morgan fingerprint density at radius 1 is 1.28 bits per heavy atom. The van der Waals surface area contributed by atoms with Crippen molar-refractivity contribution in [3.63, 3.8) is 0 Å². The third-order valence-corrected chi connectivity index (χ3v) is 5.82. The number of rotatable bonds is 3. The molecule has 5 N–H and O–H groups in total. The minimum atomic E-state index is -0.832. The van der Waals surface area contributed by atoms with Crippen LogP contribution in [0.3, 0.4) is 0 Å². The molecule has 1 aromatic rings. The van der Waals surface area contributed by atoms with Crippen LogP contribution in [0.25, 0.3) is 0 Å². The Balaban J connectivity index is 1.95. The molecule has 0 fully saturated rings. The zero-order chi connectivity index (χ0) is 18.8. The van der Waals surface area contributed by atoms with Crippen molar-refractivity contribution in [2.45, 2.75) is 53.0 Å². The van der Waals surface area contributed by atoms with Crippen LogP contribution in [0.4, 0.5) is 4.79 Å². The summed E-state index contributed by atoms with van der Waals surface area (Å²) in [6.45, 7) is 8.22. The third-order valence-electron chi connectivity index (χ3n) is 4.58. The molecule has 1 heterocycles. The van der Waals surface area contributed by atoms with Crippen molar-refractivity contribution >= 4 is 29.2 Å². The van der Waals surface area contributed by atoms with Crippen molar-refractivity contribution in [3.05, 3.63) is 21.4 Å². The molecule has 1 aliphatic carbocycles. The normalized spacial score (nSPS) is 18.0. The molecule has 25 heavy (non-hydrogen) atoms. The van der Waals surface area contributed by atoms with Gasteiger partial charge in [-0.15, -0.1) is 11.3 Å². The van der Waals surface area contributed by atoms with Crippen molar-refractivity contribution in [1.82, 2.24) is 16.2 Å². The lowest BCUT2D eigenvalue weighted by Gasteiger charge is -2.33. The molecule has 8 heteroatoms. The maximum absolute atomic E-state index is 12.3. The summed E-state index contributed by atoms with van der Waals surface area (Å²) in [5, 5.41) is 2.24. The minimum Gasteiger partial charge on any atom is -0.352 e. The Labute approximate surface area is 151 Å². The maximum Gasteiger partial charge on any atom is 0.312 e. The molecule has 7 nitrogen and oxygen atoms in total. The molecule has 0 aliphatic heterocycles. The molecule has 0 spiro atoms. The molecular weight excluding hydrogens is 340 g/mol. The van der Waals surface area contributed by atoms with Gasteiger partial charge in [-0.25, -0.2) is 4.79 Å². The molecule has 0 aromatic carbocycles. The number of fused-ring (bicyclic) bond motifs is 1. The van der Waals surface area contributed by atoms with Gasteiger partial charge in [0.25, 0.3) is 11.8 Å². The smallest absolute Gasteiger partial charge is 0.312 e. The summed E-state index contributed by atoms with van der Waals surface area (Å²) in [7, 11) is 0. The number of hydrazine groups is 1. The highest BCUT2D eigenvalue weighted by Gasteiger charge is 2.30. The molecule has 1 aromatic heterocycles. The number of carbonyl (C=O) groups excluding carboxylic acids is 3. The van der Waals surface area contributed by atoms with Crippen LogP contribution in [0.1, 0.15) is 54.2 Å². The second kappa shape index (κ2) is 7.43. The number of carbonyl (C=O) groups is 3. The fraction of sp³-hybridized carbons (Fsp3) is 0.588. The van der Waals surface area contributed by atoms with Crippen molar-refractivity contribution in [1.29, 1.82) is 0 Å². The summed E-state index contributed by atoms with van der Waals surface area (Å²) >= 11 is 1.47. The summed E-state index contributed by atoms with van der Waals surface area (Å²) in [5.41, 5.74) is 11.1. The Hall–Kier alpha value is -2.09. The van der Waals surface area contributed by atoms with Gasteiger partial charge in [-0.1, -0.05) is 20.8 Å². The highest BCUT2D eigenvalue weighted by molar-refractivity contribution is 7.14. The molecule has 0 radical (unpaired) electrons. The predicted molar refractivity (Wildman–Crippen MR) is 97.1 cm³/mol. The lowest BCUT2D eigenvalue weighted by molar-refractivity contribution is -0.123. The van der Waals surface area contributed by atoms with Gasteiger partial charge in [0.2, 0.25) is 0 Å². The van der Waals surface area contributed by atoms with Crippen molar-refractivity contribution < 1.29 is 14.4 Å². The molecule has 0 saturated carbocycles. The van der Waals surface area contributed by atoms with E-state index in [4.69, 9.17) is 5.73 Å². The fourth-order valence-electron chi connectivity index (χ4n) is 2.94. The second-order valence-corrected chi connectivity index (χ2v) is 8.68. The van der Waals surface area contributed by atoms with Crippen LogP contribution in [0.15, 0.2) is 6.07 Å². The van der Waals surface area contributed by atoms with E-state index < -0.39 is 18.0 Å². The van der Waals surface area contributed by atoms with E-state index in [1.165, 1.54) is 28.7 Å². The molecule has 1 aliphatic rings. The molecule has 138 valence electrons. The number of amides is 4. The van der Waals surface area contributed by atoms with E-state index >= 15 is 0 Å². The van der Waals surface area contributed by atoms with Crippen LogP contribution in [0.2, 0.25) is 0 Å². The van der Waals surface area contributed by atoms with Gasteiger partial charge in [-0.05, 0) is 49.1 Å². The van der Waals surface area contributed by atoms with Gasteiger partial charge in [0.15, 0.2) is 0 Å². The average Bonchev–Trinajstić information content (AvgIpc) is 2.93. The van der Waals surface area contributed by atoms with Gasteiger partial charge < -0.3 is 11.1 Å². The molecule has 2 atom stereocenters. The van der Waals surface area contributed by atoms with Crippen molar-refractivity contribution in [2.75, 3.05) is 0 Å². The number of hydrogen-bond donors (Lipinski definition) is 4. The Kier molecular flexibility index (Phi) is 5.72. The van der Waals surface area contributed by atoms with E-state index in [-0.39, 0.29) is 11.3 Å². The zero-order valence-electron chi connectivity index (χ0n) is 15.1. The van der Waals surface area contributed by atoms with Gasteiger partial charge >= 0.3 is 6.03 Å². The average molecular weight is 366 g/mol. The Morgan fingerprint density at radius 3 is 2.56 bits per heavy atom. The first-order valence-corrected chi connectivity index (χ1v) is 9.17. The van der Waals surface area contributed by atoms with E-state index in [2.05, 4.69) is 36.9 Å². The van der Waals surface area contributed by atoms with Crippen molar-refractivity contribution in [2.24, 2.45) is 17.1 Å². The monoisotopic (exact) mass is 366 g/mol. The van der Waals surface area contributed by atoms with Crippen LogP contribution < -0.4 is 21.9 Å². The van der Waals surface area contributed by atoms with E-state index in [1.807, 2.05) is 6.07 Å². The van der Waals surface area contributed by atoms with Gasteiger partial charge in [0.1, 0.15) is 6.04 Å². The number of nitrogens with two attached hydrogens (primary N) is 1. The SMILES string of the molecule is C[C@@H](NC(N)=O)C(=O)NNC(=O)c1cc2c(s1)CC[C@H](C(C)(C)C)C2. The van der Waals surface area contributed by atoms with E-state index in [1.54, 1.807) is 0 Å². The van der Waals surface area contributed by atoms with Crippen LogP contribution in [-0.2, 0) is 17.6 Å². The minimum absolute atomic E-state index is 0.250. The molecule has 4 amide bonds. The van der Waals surface area contributed by atoms with Crippen LogP contribution in [-0.4, -0.2) is 23.9 Å². The lowest BCUT2D eigenvalue weighted by atomic mass is 9.72. The number of hydrogen-bond acceptors (Lipinski definition) is 4. The van der Waals surface area contributed by atoms with E-state index in [9.17, 15) is 14.4 Å². The zero-order valence-corrected chi connectivity index (χ0v) is 15.9. The standard InChI is InChI=1S/C17H26N4O3S/c1-9(19-16(18)24)14(22)20-21-15(23)13-8-10-7-11(17(2,3)4)5-6-12(10)25-13/h8-9,11H,5-7H2,1-4H3,(H,20,22)(H,21,23)(H3,18,19,24)/t9-,11+/m1/s1. The van der Waals surface area contributed by atoms with Gasteiger partial charge in [-0.2, -0.15) is 0 Å². The van der Waals surface area contributed by atoms with E-state index in [0.717, 1.165) is 19.3 Å². The largest absolute Gasteiger partial charge is 0.352 e.